The second-order valence-electron chi connectivity index (χ2n) is 10.1. The maximum atomic E-state index is 13.2. The lowest BCUT2D eigenvalue weighted by atomic mass is 9.75. The summed E-state index contributed by atoms with van der Waals surface area (Å²) in [6.07, 6.45) is 7.96. The first-order valence-electron chi connectivity index (χ1n) is 11.6. The molecule has 7 heteroatoms. The number of allylic oxidation sites excluding steroid dienone is 1. The van der Waals surface area contributed by atoms with Crippen LogP contribution in [0.2, 0.25) is 0 Å². The van der Waals surface area contributed by atoms with E-state index in [1.807, 2.05) is 26.8 Å². The van der Waals surface area contributed by atoms with Crippen molar-refractivity contribution in [3.63, 3.8) is 0 Å². The Labute approximate surface area is 185 Å². The van der Waals surface area contributed by atoms with Gasteiger partial charge in [0.25, 0.3) is 0 Å². The summed E-state index contributed by atoms with van der Waals surface area (Å²) in [5.41, 5.74) is 3.23. The first-order chi connectivity index (χ1) is 14.7. The number of halogens is 1. The smallest absolute Gasteiger partial charge is 0.410 e. The summed E-state index contributed by atoms with van der Waals surface area (Å²) in [6.45, 7) is 6.76. The van der Waals surface area contributed by atoms with Gasteiger partial charge in [-0.05, 0) is 78.2 Å². The van der Waals surface area contributed by atoms with Crippen molar-refractivity contribution >= 4 is 12.0 Å². The summed E-state index contributed by atoms with van der Waals surface area (Å²) in [4.78, 5) is 27.3. The predicted octanol–water partition coefficient (Wildman–Crippen LogP) is 4.50. The fraction of sp³-hybridized carbons (Fsp3) is 0.792. The molecule has 0 unspecified atom stereocenters. The minimum absolute atomic E-state index is 0.0499. The summed E-state index contributed by atoms with van der Waals surface area (Å²) in [5.74, 6) is 0.326. The van der Waals surface area contributed by atoms with Crippen molar-refractivity contribution in [1.82, 2.24) is 10.2 Å². The van der Waals surface area contributed by atoms with Crippen LogP contribution in [0.15, 0.2) is 17.5 Å². The Hall–Kier alpha value is -1.85. The number of amides is 2. The average Bonchev–Trinajstić information content (AvgIpc) is 2.87. The van der Waals surface area contributed by atoms with E-state index >= 15 is 0 Å². The van der Waals surface area contributed by atoms with Crippen molar-refractivity contribution in [1.29, 1.82) is 0 Å². The van der Waals surface area contributed by atoms with Crippen molar-refractivity contribution < 1.29 is 23.5 Å². The third kappa shape index (κ3) is 6.33. The number of alkyl halides is 1. The van der Waals surface area contributed by atoms with Gasteiger partial charge in [-0.2, -0.15) is 0 Å². The Balaban J connectivity index is 1.51. The van der Waals surface area contributed by atoms with E-state index < -0.39 is 11.0 Å². The van der Waals surface area contributed by atoms with Crippen LogP contribution < -0.4 is 5.32 Å². The highest BCUT2D eigenvalue weighted by Gasteiger charge is 2.43. The second-order valence-corrected chi connectivity index (χ2v) is 10.1. The van der Waals surface area contributed by atoms with Crippen LogP contribution in [0.4, 0.5) is 9.18 Å². The van der Waals surface area contributed by atoms with Crippen molar-refractivity contribution in [3.8, 4) is 0 Å². The molecule has 1 saturated carbocycles. The SMILES string of the molecule is CC(C)(C)OC(=O)N1CCC2(CC=C=C([C@H]3CC[C@@H](OCCCF)CC3)NC2=O)CC1. The fourth-order valence-corrected chi connectivity index (χ4v) is 4.66. The molecule has 1 spiro atoms. The number of nitrogens with one attached hydrogen (secondary N) is 1. The molecule has 1 aliphatic carbocycles. The van der Waals surface area contributed by atoms with Crippen LogP contribution >= 0.6 is 0 Å². The highest BCUT2D eigenvalue weighted by molar-refractivity contribution is 5.85. The molecule has 2 fully saturated rings. The highest BCUT2D eigenvalue weighted by Crippen LogP contribution is 2.39. The molecule has 6 nitrogen and oxygen atoms in total. The van der Waals surface area contributed by atoms with Crippen molar-refractivity contribution in [2.75, 3.05) is 26.4 Å². The molecule has 0 aromatic carbocycles. The number of hydrogen-bond donors (Lipinski definition) is 1. The molecule has 1 saturated heterocycles. The number of likely N-dealkylation sites (tertiary alicyclic amines) is 1. The third-order valence-electron chi connectivity index (χ3n) is 6.57. The van der Waals surface area contributed by atoms with Crippen LogP contribution in [0, 0.1) is 11.3 Å². The van der Waals surface area contributed by atoms with Gasteiger partial charge in [0.15, 0.2) is 0 Å². The highest BCUT2D eigenvalue weighted by atomic mass is 19.1. The zero-order valence-corrected chi connectivity index (χ0v) is 19.2. The Morgan fingerprint density at radius 2 is 1.94 bits per heavy atom. The van der Waals surface area contributed by atoms with Crippen LogP contribution in [0.25, 0.3) is 0 Å². The van der Waals surface area contributed by atoms with E-state index in [0.29, 0.717) is 45.4 Å². The topological polar surface area (TPSA) is 67.9 Å². The van der Waals surface area contributed by atoms with Gasteiger partial charge in [0.05, 0.1) is 23.9 Å². The van der Waals surface area contributed by atoms with Crippen molar-refractivity contribution in [3.05, 3.63) is 17.5 Å². The molecule has 0 aromatic rings. The molecule has 2 amide bonds. The van der Waals surface area contributed by atoms with Gasteiger partial charge < -0.3 is 19.7 Å². The summed E-state index contributed by atoms with van der Waals surface area (Å²) in [5, 5.41) is 3.17. The standard InChI is InChI=1S/C24H37FN2O4/c1-23(2,3)31-22(29)27-15-12-24(13-16-27)11-4-6-20(26-21(24)28)18-7-9-19(10-8-18)30-17-5-14-25/h4,18-19H,5,7-17H2,1-3H3,(H,26,28)/t18-,19+. The molecule has 0 aromatic heterocycles. The van der Waals surface area contributed by atoms with Gasteiger partial charge in [-0.15, -0.1) is 5.73 Å². The Morgan fingerprint density at radius 1 is 1.26 bits per heavy atom. The minimum atomic E-state index is -0.523. The van der Waals surface area contributed by atoms with E-state index in [4.69, 9.17) is 9.47 Å². The van der Waals surface area contributed by atoms with Crippen LogP contribution in [-0.2, 0) is 14.3 Å². The molecule has 2 heterocycles. The van der Waals surface area contributed by atoms with E-state index in [2.05, 4.69) is 11.0 Å². The van der Waals surface area contributed by atoms with E-state index in [-0.39, 0.29) is 30.7 Å². The number of hydrogen-bond acceptors (Lipinski definition) is 4. The average molecular weight is 437 g/mol. The zero-order chi connectivity index (χ0) is 22.5. The maximum absolute atomic E-state index is 13.2. The minimum Gasteiger partial charge on any atom is -0.444 e. The Morgan fingerprint density at radius 3 is 2.55 bits per heavy atom. The van der Waals surface area contributed by atoms with Crippen molar-refractivity contribution in [2.24, 2.45) is 11.3 Å². The number of rotatable bonds is 5. The lowest BCUT2D eigenvalue weighted by Gasteiger charge is -2.40. The second kappa shape index (κ2) is 10.2. The number of carbonyl (C=O) groups excluding carboxylic acids is 2. The summed E-state index contributed by atoms with van der Waals surface area (Å²) in [6, 6.07) is 0. The monoisotopic (exact) mass is 436 g/mol. The van der Waals surface area contributed by atoms with Gasteiger partial charge >= 0.3 is 6.09 Å². The van der Waals surface area contributed by atoms with E-state index in [1.54, 1.807) is 4.90 Å². The fourth-order valence-electron chi connectivity index (χ4n) is 4.66. The molecule has 0 radical (unpaired) electrons. The number of carbonyl (C=O) groups is 2. The quantitative estimate of drug-likeness (QED) is 0.509. The Kier molecular flexibility index (Phi) is 7.82. The lowest BCUT2D eigenvalue weighted by Crippen LogP contribution is -2.50. The molecule has 1 N–H and O–H groups in total. The van der Waals surface area contributed by atoms with E-state index in [0.717, 1.165) is 31.4 Å². The maximum Gasteiger partial charge on any atom is 0.410 e. The molecular formula is C24H37FN2O4. The largest absolute Gasteiger partial charge is 0.444 e. The van der Waals surface area contributed by atoms with Crippen LogP contribution in [-0.4, -0.2) is 55.0 Å². The molecule has 174 valence electrons. The third-order valence-corrected chi connectivity index (χ3v) is 6.57. The van der Waals surface area contributed by atoms with E-state index in [9.17, 15) is 14.0 Å². The van der Waals surface area contributed by atoms with Crippen LogP contribution in [0.1, 0.15) is 72.1 Å². The van der Waals surface area contributed by atoms with Crippen LogP contribution in [0.3, 0.4) is 0 Å². The molecule has 0 atom stereocenters. The normalized spacial score (nSPS) is 26.3. The molecule has 31 heavy (non-hydrogen) atoms. The number of ether oxygens (including phenoxy) is 2. The lowest BCUT2D eigenvalue weighted by molar-refractivity contribution is -0.133. The molecule has 0 bridgehead atoms. The first-order valence-corrected chi connectivity index (χ1v) is 11.6. The molecule has 3 rings (SSSR count). The van der Waals surface area contributed by atoms with Crippen molar-refractivity contribution in [2.45, 2.75) is 83.8 Å². The van der Waals surface area contributed by atoms with E-state index in [1.165, 1.54) is 0 Å². The van der Waals surface area contributed by atoms with Gasteiger partial charge in [-0.3, -0.25) is 9.18 Å². The molecule has 2 aliphatic heterocycles. The number of piperidine rings is 1. The Bertz CT molecular complexity index is 708. The zero-order valence-electron chi connectivity index (χ0n) is 19.2. The summed E-state index contributed by atoms with van der Waals surface area (Å²) >= 11 is 0. The summed E-state index contributed by atoms with van der Waals surface area (Å²) in [7, 11) is 0. The molecule has 3 aliphatic rings. The van der Waals surface area contributed by atoms with Gasteiger partial charge in [0, 0.05) is 25.6 Å². The first kappa shape index (κ1) is 23.8. The number of nitrogens with zero attached hydrogens (tertiary/aromatic N) is 1. The van der Waals surface area contributed by atoms with Gasteiger partial charge in [0.1, 0.15) is 5.60 Å². The van der Waals surface area contributed by atoms with Gasteiger partial charge in [0.2, 0.25) is 5.91 Å². The predicted molar refractivity (Wildman–Crippen MR) is 116 cm³/mol. The van der Waals surface area contributed by atoms with Gasteiger partial charge in [-0.25, -0.2) is 4.79 Å². The van der Waals surface area contributed by atoms with Crippen LogP contribution in [0.5, 0.6) is 0 Å². The molecular weight excluding hydrogens is 399 g/mol. The summed E-state index contributed by atoms with van der Waals surface area (Å²) < 4.78 is 23.5. The van der Waals surface area contributed by atoms with Gasteiger partial charge in [-0.1, -0.05) is 0 Å².